The summed E-state index contributed by atoms with van der Waals surface area (Å²) < 4.78 is 24.5. The molecule has 0 amide bonds. The van der Waals surface area contributed by atoms with Gasteiger partial charge in [-0.2, -0.15) is 0 Å². The summed E-state index contributed by atoms with van der Waals surface area (Å²) in [5.41, 5.74) is 9.88. The lowest BCUT2D eigenvalue weighted by Gasteiger charge is -2.33. The molecule has 6 nitrogen and oxygen atoms in total. The van der Waals surface area contributed by atoms with Gasteiger partial charge in [-0.25, -0.2) is 0 Å². The fourth-order valence-corrected chi connectivity index (χ4v) is 6.94. The van der Waals surface area contributed by atoms with Crippen molar-refractivity contribution in [3.8, 4) is 56.8 Å². The van der Waals surface area contributed by atoms with Crippen LogP contribution in [0.15, 0.2) is 158 Å². The summed E-state index contributed by atoms with van der Waals surface area (Å²) in [6.07, 6.45) is 0. The third-order valence-corrected chi connectivity index (χ3v) is 9.23. The lowest BCUT2D eigenvalue weighted by Crippen LogP contribution is -2.15. The largest absolute Gasteiger partial charge is 0.496 e. The molecule has 50 heavy (non-hydrogen) atoms. The van der Waals surface area contributed by atoms with Crippen molar-refractivity contribution < 1.29 is 18.9 Å². The van der Waals surface area contributed by atoms with Gasteiger partial charge in [-0.15, -0.1) is 0 Å². The molecule has 7 aromatic rings. The van der Waals surface area contributed by atoms with Crippen LogP contribution in [0.2, 0.25) is 0 Å². The Morgan fingerprint density at radius 3 is 1.10 bits per heavy atom. The maximum atomic E-state index is 6.28. The molecule has 0 spiro atoms. The Morgan fingerprint density at radius 2 is 0.740 bits per heavy atom. The van der Waals surface area contributed by atoms with Gasteiger partial charge in [-0.05, 0) is 102 Å². The van der Waals surface area contributed by atoms with Crippen LogP contribution in [-0.4, -0.2) is 14.2 Å². The van der Waals surface area contributed by atoms with Crippen LogP contribution in [0.25, 0.3) is 22.3 Å². The first-order valence-electron chi connectivity index (χ1n) is 16.5. The van der Waals surface area contributed by atoms with Gasteiger partial charge in [0, 0.05) is 22.5 Å². The first kappa shape index (κ1) is 29.5. The number of methoxy groups -OCH3 is 2. The predicted molar refractivity (Wildman–Crippen MR) is 200 cm³/mol. The lowest BCUT2D eigenvalue weighted by molar-refractivity contribution is 0.416. The first-order valence-corrected chi connectivity index (χ1v) is 16.5. The topological polar surface area (TPSA) is 43.4 Å². The van der Waals surface area contributed by atoms with Crippen molar-refractivity contribution >= 4 is 34.1 Å². The predicted octanol–water partition coefficient (Wildman–Crippen LogP) is 12.2. The second kappa shape index (κ2) is 12.1. The third-order valence-electron chi connectivity index (χ3n) is 9.23. The number of hydrogen-bond acceptors (Lipinski definition) is 6. The van der Waals surface area contributed by atoms with Gasteiger partial charge in [-0.3, -0.25) is 0 Å². The van der Waals surface area contributed by atoms with Gasteiger partial charge in [0.2, 0.25) is 0 Å². The molecule has 0 aromatic heterocycles. The number of anilines is 6. The SMILES string of the molecule is COc1ccc(N2c3ccccc3Oc3ccccc32)cc1-c1cccc(-c2cc(N3c4ccccc4Oc4ccccc43)ccc2OC)c1. The smallest absolute Gasteiger partial charge is 0.151 e. The second-order valence-electron chi connectivity index (χ2n) is 12.1. The van der Waals surface area contributed by atoms with Crippen molar-refractivity contribution in [3.63, 3.8) is 0 Å². The summed E-state index contributed by atoms with van der Waals surface area (Å²) in [6, 6.07) is 53.6. The molecule has 7 aromatic carbocycles. The molecule has 6 heteroatoms. The number of ether oxygens (including phenoxy) is 4. The van der Waals surface area contributed by atoms with E-state index in [1.54, 1.807) is 14.2 Å². The molecule has 0 radical (unpaired) electrons. The molecule has 0 N–H and O–H groups in total. The normalized spacial score (nSPS) is 12.4. The maximum absolute atomic E-state index is 6.28. The Labute approximate surface area is 290 Å². The quantitative estimate of drug-likeness (QED) is 0.178. The summed E-state index contributed by atoms with van der Waals surface area (Å²) >= 11 is 0. The molecule has 0 unspecified atom stereocenters. The molecule has 0 saturated carbocycles. The van der Waals surface area contributed by atoms with Gasteiger partial charge < -0.3 is 28.7 Å². The third kappa shape index (κ3) is 4.89. The standard InChI is InChI=1S/C44H32N2O4/c1-47-39-24-22-31(45-35-14-3-7-18-41(35)49-42-19-8-4-15-36(42)45)27-33(39)29-12-11-13-30(26-29)34-28-32(23-25-40(34)48-2)46-37-16-5-9-20-43(37)50-44-21-10-6-17-38(44)46/h3-28H,1-2H3. The van der Waals surface area contributed by atoms with E-state index in [1.807, 2.05) is 84.9 Å². The summed E-state index contributed by atoms with van der Waals surface area (Å²) in [6.45, 7) is 0. The zero-order valence-corrected chi connectivity index (χ0v) is 27.5. The minimum Gasteiger partial charge on any atom is -0.496 e. The van der Waals surface area contributed by atoms with E-state index in [-0.39, 0.29) is 0 Å². The van der Waals surface area contributed by atoms with Gasteiger partial charge in [0.1, 0.15) is 11.5 Å². The van der Waals surface area contributed by atoms with Crippen LogP contribution in [-0.2, 0) is 0 Å². The Kier molecular flexibility index (Phi) is 7.13. The highest BCUT2D eigenvalue weighted by Gasteiger charge is 2.28. The molecule has 0 aliphatic carbocycles. The van der Waals surface area contributed by atoms with E-state index in [2.05, 4.69) is 82.6 Å². The van der Waals surface area contributed by atoms with Crippen LogP contribution in [0.4, 0.5) is 34.1 Å². The maximum Gasteiger partial charge on any atom is 0.151 e. The van der Waals surface area contributed by atoms with Gasteiger partial charge in [-0.1, -0.05) is 66.7 Å². The molecular formula is C44H32N2O4. The summed E-state index contributed by atoms with van der Waals surface area (Å²) in [5.74, 6) is 4.79. The second-order valence-corrected chi connectivity index (χ2v) is 12.1. The Morgan fingerprint density at radius 1 is 0.380 bits per heavy atom. The number of para-hydroxylation sites is 8. The number of benzene rings is 7. The van der Waals surface area contributed by atoms with Crippen molar-refractivity contribution in [2.75, 3.05) is 24.0 Å². The van der Waals surface area contributed by atoms with E-state index in [0.29, 0.717) is 0 Å². The molecule has 0 bridgehead atoms. The van der Waals surface area contributed by atoms with E-state index in [9.17, 15) is 0 Å². The van der Waals surface area contributed by atoms with Crippen LogP contribution >= 0.6 is 0 Å². The Hall–Kier alpha value is -6.66. The highest BCUT2D eigenvalue weighted by molar-refractivity contribution is 5.91. The van der Waals surface area contributed by atoms with E-state index in [0.717, 1.165) is 90.9 Å². The van der Waals surface area contributed by atoms with E-state index in [4.69, 9.17) is 18.9 Å². The number of rotatable bonds is 6. The molecule has 9 rings (SSSR count). The zero-order valence-electron chi connectivity index (χ0n) is 27.5. The van der Waals surface area contributed by atoms with E-state index >= 15 is 0 Å². The molecule has 0 fully saturated rings. The molecule has 2 aliphatic rings. The van der Waals surface area contributed by atoms with Crippen molar-refractivity contribution in [2.24, 2.45) is 0 Å². The monoisotopic (exact) mass is 652 g/mol. The summed E-state index contributed by atoms with van der Waals surface area (Å²) in [5, 5.41) is 0. The average molecular weight is 653 g/mol. The van der Waals surface area contributed by atoms with Gasteiger partial charge in [0.15, 0.2) is 23.0 Å². The van der Waals surface area contributed by atoms with Crippen LogP contribution in [0.5, 0.6) is 34.5 Å². The van der Waals surface area contributed by atoms with Crippen LogP contribution in [0.3, 0.4) is 0 Å². The fraction of sp³-hybridized carbons (Fsp3) is 0.0455. The zero-order chi connectivity index (χ0) is 33.6. The Bertz CT molecular complexity index is 2150. The van der Waals surface area contributed by atoms with E-state index < -0.39 is 0 Å². The van der Waals surface area contributed by atoms with Gasteiger partial charge >= 0.3 is 0 Å². The Balaban J connectivity index is 1.16. The van der Waals surface area contributed by atoms with Crippen LogP contribution < -0.4 is 28.7 Å². The number of nitrogens with zero attached hydrogens (tertiary/aromatic N) is 2. The van der Waals surface area contributed by atoms with Gasteiger partial charge in [0.05, 0.1) is 37.0 Å². The van der Waals surface area contributed by atoms with Crippen molar-refractivity contribution in [1.29, 1.82) is 0 Å². The van der Waals surface area contributed by atoms with Crippen molar-refractivity contribution in [1.82, 2.24) is 0 Å². The lowest BCUT2D eigenvalue weighted by atomic mass is 9.96. The summed E-state index contributed by atoms with van der Waals surface area (Å²) in [4.78, 5) is 4.48. The number of hydrogen-bond donors (Lipinski definition) is 0. The van der Waals surface area contributed by atoms with Gasteiger partial charge in [0.25, 0.3) is 0 Å². The van der Waals surface area contributed by atoms with Crippen molar-refractivity contribution in [2.45, 2.75) is 0 Å². The molecule has 0 saturated heterocycles. The molecule has 242 valence electrons. The molecule has 2 heterocycles. The van der Waals surface area contributed by atoms with Crippen LogP contribution in [0.1, 0.15) is 0 Å². The fourth-order valence-electron chi connectivity index (χ4n) is 6.94. The minimum atomic E-state index is 0.781. The van der Waals surface area contributed by atoms with E-state index in [1.165, 1.54) is 0 Å². The summed E-state index contributed by atoms with van der Waals surface area (Å²) in [7, 11) is 3.43. The average Bonchev–Trinajstić information content (AvgIpc) is 3.18. The highest BCUT2D eigenvalue weighted by Crippen LogP contribution is 2.53. The molecule has 2 aliphatic heterocycles. The highest BCUT2D eigenvalue weighted by atomic mass is 16.5. The minimum absolute atomic E-state index is 0.781. The van der Waals surface area contributed by atoms with Crippen molar-refractivity contribution in [3.05, 3.63) is 158 Å². The van der Waals surface area contributed by atoms with Crippen LogP contribution in [0, 0.1) is 0 Å². The molecular weight excluding hydrogens is 620 g/mol. The number of fused-ring (bicyclic) bond motifs is 4. The molecule has 0 atom stereocenters. The first-order chi connectivity index (χ1) is 24.7.